The van der Waals surface area contributed by atoms with Gasteiger partial charge in [0.25, 0.3) is 0 Å². The zero-order valence-electron chi connectivity index (χ0n) is 9.95. The topological polar surface area (TPSA) is 81.1 Å². The first kappa shape index (κ1) is 11.3. The number of carbonyl (C=O) groups is 1. The molecule has 3 rings (SSSR count). The van der Waals surface area contributed by atoms with E-state index >= 15 is 0 Å². The van der Waals surface area contributed by atoms with E-state index in [0.717, 1.165) is 11.0 Å². The number of rotatable bonds is 2. The summed E-state index contributed by atoms with van der Waals surface area (Å²) in [4.78, 5) is 15.4. The molecule has 94 valence electrons. The summed E-state index contributed by atoms with van der Waals surface area (Å²) in [5.41, 5.74) is 8.61. The van der Waals surface area contributed by atoms with E-state index in [9.17, 15) is 4.79 Å². The van der Waals surface area contributed by atoms with E-state index in [-0.39, 0.29) is 11.3 Å². The lowest BCUT2D eigenvalue weighted by Crippen LogP contribution is -2.06. The SMILES string of the molecule is Nc1c(C(=O)O)cccc1-n1cnc2ccccc21. The number of nitrogens with zero attached hydrogens (tertiary/aromatic N) is 2. The molecule has 0 aliphatic heterocycles. The van der Waals surface area contributed by atoms with Gasteiger partial charge in [-0.25, -0.2) is 9.78 Å². The van der Waals surface area contributed by atoms with Gasteiger partial charge in [0.1, 0.15) is 6.33 Å². The zero-order chi connectivity index (χ0) is 13.4. The van der Waals surface area contributed by atoms with Crippen LogP contribution in [0, 0.1) is 0 Å². The second-order valence-electron chi connectivity index (χ2n) is 4.15. The molecule has 0 radical (unpaired) electrons. The van der Waals surface area contributed by atoms with Crippen LogP contribution >= 0.6 is 0 Å². The van der Waals surface area contributed by atoms with E-state index in [0.29, 0.717) is 5.69 Å². The number of fused-ring (bicyclic) bond motifs is 1. The van der Waals surface area contributed by atoms with Gasteiger partial charge in [-0.2, -0.15) is 0 Å². The maximum absolute atomic E-state index is 11.1. The number of aromatic carboxylic acids is 1. The minimum atomic E-state index is -1.04. The minimum absolute atomic E-state index is 0.0929. The number of hydrogen-bond donors (Lipinski definition) is 2. The van der Waals surface area contributed by atoms with Gasteiger partial charge in [-0.1, -0.05) is 18.2 Å². The molecule has 0 saturated carbocycles. The molecule has 0 unspecified atom stereocenters. The molecular weight excluding hydrogens is 242 g/mol. The molecule has 5 nitrogen and oxygen atoms in total. The van der Waals surface area contributed by atoms with Crippen LogP contribution in [-0.2, 0) is 0 Å². The third-order valence-electron chi connectivity index (χ3n) is 3.03. The van der Waals surface area contributed by atoms with E-state index in [4.69, 9.17) is 10.8 Å². The van der Waals surface area contributed by atoms with E-state index in [1.165, 1.54) is 6.07 Å². The molecule has 5 heteroatoms. The van der Waals surface area contributed by atoms with Crippen LogP contribution in [0.1, 0.15) is 10.4 Å². The maximum atomic E-state index is 11.1. The Morgan fingerprint density at radius 2 is 1.95 bits per heavy atom. The molecule has 0 spiro atoms. The predicted molar refractivity (Wildman–Crippen MR) is 72.4 cm³/mol. The highest BCUT2D eigenvalue weighted by atomic mass is 16.4. The minimum Gasteiger partial charge on any atom is -0.478 e. The van der Waals surface area contributed by atoms with Gasteiger partial charge in [0, 0.05) is 0 Å². The molecule has 0 aliphatic carbocycles. The number of para-hydroxylation sites is 3. The molecule has 0 aliphatic rings. The highest BCUT2D eigenvalue weighted by molar-refractivity contribution is 5.96. The van der Waals surface area contributed by atoms with Crippen LogP contribution in [0.4, 0.5) is 5.69 Å². The van der Waals surface area contributed by atoms with Crippen molar-refractivity contribution in [3.8, 4) is 5.69 Å². The van der Waals surface area contributed by atoms with Crippen LogP contribution in [0.25, 0.3) is 16.7 Å². The van der Waals surface area contributed by atoms with Crippen molar-refractivity contribution in [2.75, 3.05) is 5.73 Å². The van der Waals surface area contributed by atoms with Crippen molar-refractivity contribution in [2.24, 2.45) is 0 Å². The summed E-state index contributed by atoms with van der Waals surface area (Å²) >= 11 is 0. The van der Waals surface area contributed by atoms with Crippen molar-refractivity contribution < 1.29 is 9.90 Å². The molecule has 0 saturated heterocycles. The Kier molecular flexibility index (Phi) is 2.45. The summed E-state index contributed by atoms with van der Waals surface area (Å²) < 4.78 is 1.79. The summed E-state index contributed by atoms with van der Waals surface area (Å²) in [7, 11) is 0. The van der Waals surface area contributed by atoms with Crippen molar-refractivity contribution in [3.05, 3.63) is 54.4 Å². The molecule has 19 heavy (non-hydrogen) atoms. The summed E-state index contributed by atoms with van der Waals surface area (Å²) in [6.45, 7) is 0. The molecular formula is C14H11N3O2. The summed E-state index contributed by atoms with van der Waals surface area (Å²) in [6, 6.07) is 12.5. The fraction of sp³-hybridized carbons (Fsp3) is 0. The Hall–Kier alpha value is -2.82. The van der Waals surface area contributed by atoms with E-state index in [1.54, 1.807) is 23.0 Å². The molecule has 0 atom stereocenters. The third kappa shape index (κ3) is 1.72. The largest absolute Gasteiger partial charge is 0.478 e. The highest BCUT2D eigenvalue weighted by Crippen LogP contribution is 2.25. The smallest absolute Gasteiger partial charge is 0.337 e. The molecule has 0 bridgehead atoms. The van der Waals surface area contributed by atoms with Crippen LogP contribution in [0.3, 0.4) is 0 Å². The first-order chi connectivity index (χ1) is 9.18. The van der Waals surface area contributed by atoms with Crippen molar-refractivity contribution in [3.63, 3.8) is 0 Å². The second-order valence-corrected chi connectivity index (χ2v) is 4.15. The number of imidazole rings is 1. The summed E-state index contributed by atoms with van der Waals surface area (Å²) in [5, 5.41) is 9.10. The number of nitrogens with two attached hydrogens (primary N) is 1. The highest BCUT2D eigenvalue weighted by Gasteiger charge is 2.13. The molecule has 1 aromatic heterocycles. The number of hydrogen-bond acceptors (Lipinski definition) is 3. The average Bonchev–Trinajstić information content (AvgIpc) is 2.82. The number of anilines is 1. The maximum Gasteiger partial charge on any atom is 0.337 e. The molecule has 3 N–H and O–H groups in total. The van der Waals surface area contributed by atoms with Gasteiger partial charge in [-0.3, -0.25) is 4.57 Å². The molecule has 0 amide bonds. The fourth-order valence-electron chi connectivity index (χ4n) is 2.10. The van der Waals surface area contributed by atoms with Crippen LogP contribution in [-0.4, -0.2) is 20.6 Å². The Morgan fingerprint density at radius 3 is 2.74 bits per heavy atom. The standard InChI is InChI=1S/C14H11N3O2/c15-13-9(14(18)19)4-3-7-12(13)17-8-16-10-5-1-2-6-11(10)17/h1-8H,15H2,(H,18,19). The van der Waals surface area contributed by atoms with Gasteiger partial charge in [0.2, 0.25) is 0 Å². The van der Waals surface area contributed by atoms with Gasteiger partial charge >= 0.3 is 5.97 Å². The molecule has 3 aromatic rings. The summed E-state index contributed by atoms with van der Waals surface area (Å²) in [5.74, 6) is -1.04. The molecule has 2 aromatic carbocycles. The Balaban J connectivity index is 2.28. The normalized spacial score (nSPS) is 10.7. The number of aromatic nitrogens is 2. The van der Waals surface area contributed by atoms with Crippen molar-refractivity contribution in [1.82, 2.24) is 9.55 Å². The Morgan fingerprint density at radius 1 is 1.16 bits per heavy atom. The van der Waals surface area contributed by atoms with Gasteiger partial charge in [0.05, 0.1) is 28.0 Å². The third-order valence-corrected chi connectivity index (χ3v) is 3.03. The van der Waals surface area contributed by atoms with Gasteiger partial charge in [-0.15, -0.1) is 0 Å². The van der Waals surface area contributed by atoms with Gasteiger partial charge in [0.15, 0.2) is 0 Å². The second kappa shape index (κ2) is 4.13. The monoisotopic (exact) mass is 253 g/mol. The van der Waals surface area contributed by atoms with Gasteiger partial charge < -0.3 is 10.8 Å². The summed E-state index contributed by atoms with van der Waals surface area (Å²) in [6.07, 6.45) is 1.64. The lowest BCUT2D eigenvalue weighted by Gasteiger charge is -2.10. The van der Waals surface area contributed by atoms with Crippen molar-refractivity contribution >= 4 is 22.7 Å². The lowest BCUT2D eigenvalue weighted by molar-refractivity contribution is 0.0698. The van der Waals surface area contributed by atoms with E-state index in [2.05, 4.69) is 4.98 Å². The first-order valence-electron chi connectivity index (χ1n) is 5.72. The number of carboxylic acid groups (broad SMARTS) is 1. The Bertz CT molecular complexity index is 777. The predicted octanol–water partition coefficient (Wildman–Crippen LogP) is 2.31. The van der Waals surface area contributed by atoms with Gasteiger partial charge in [-0.05, 0) is 24.3 Å². The molecule has 1 heterocycles. The number of benzene rings is 2. The van der Waals surface area contributed by atoms with Crippen LogP contribution < -0.4 is 5.73 Å². The quantitative estimate of drug-likeness (QED) is 0.687. The fourth-order valence-corrected chi connectivity index (χ4v) is 2.10. The first-order valence-corrected chi connectivity index (χ1v) is 5.72. The van der Waals surface area contributed by atoms with E-state index in [1.807, 2.05) is 24.3 Å². The molecule has 0 fully saturated rings. The van der Waals surface area contributed by atoms with E-state index < -0.39 is 5.97 Å². The number of carboxylic acids is 1. The van der Waals surface area contributed by atoms with Crippen LogP contribution in [0.15, 0.2) is 48.8 Å². The number of nitrogen functional groups attached to an aromatic ring is 1. The van der Waals surface area contributed by atoms with Crippen LogP contribution in [0.2, 0.25) is 0 Å². The van der Waals surface area contributed by atoms with Crippen molar-refractivity contribution in [2.45, 2.75) is 0 Å². The Labute approximate surface area is 108 Å². The lowest BCUT2D eigenvalue weighted by atomic mass is 10.1. The van der Waals surface area contributed by atoms with Crippen LogP contribution in [0.5, 0.6) is 0 Å². The van der Waals surface area contributed by atoms with Crippen molar-refractivity contribution in [1.29, 1.82) is 0 Å². The average molecular weight is 253 g/mol. The zero-order valence-corrected chi connectivity index (χ0v) is 9.95.